The number of aliphatic carboxylic acids is 1. The van der Waals surface area contributed by atoms with Gasteiger partial charge in [0.2, 0.25) is 0 Å². The summed E-state index contributed by atoms with van der Waals surface area (Å²) >= 11 is 3.50. The Labute approximate surface area is 97.6 Å². The summed E-state index contributed by atoms with van der Waals surface area (Å²) in [5.74, 6) is -0.772. The van der Waals surface area contributed by atoms with Crippen LogP contribution in [-0.2, 0) is 11.3 Å². The Balaban J connectivity index is 2.44. The molecular weight excluding hydrogens is 258 g/mol. The van der Waals surface area contributed by atoms with Crippen LogP contribution in [0.25, 0.3) is 0 Å². The highest BCUT2D eigenvalue weighted by Crippen LogP contribution is 2.20. The first kappa shape index (κ1) is 12.2. The minimum Gasteiger partial charge on any atom is -0.481 e. The average molecular weight is 272 g/mol. The van der Waals surface area contributed by atoms with Crippen LogP contribution in [0.5, 0.6) is 0 Å². The molecule has 4 heteroatoms. The zero-order valence-corrected chi connectivity index (χ0v) is 10.2. The summed E-state index contributed by atoms with van der Waals surface area (Å²) < 4.78 is 1.09. The van der Waals surface area contributed by atoms with Gasteiger partial charge in [-0.3, -0.25) is 4.79 Å². The molecule has 15 heavy (non-hydrogen) atoms. The van der Waals surface area contributed by atoms with E-state index in [0.29, 0.717) is 13.1 Å². The van der Waals surface area contributed by atoms with Gasteiger partial charge in [-0.1, -0.05) is 34.1 Å². The molecule has 0 saturated carbocycles. The summed E-state index contributed by atoms with van der Waals surface area (Å²) in [5, 5.41) is 11.6. The average Bonchev–Trinajstić information content (AvgIpc) is 2.18. The molecule has 0 unspecified atom stereocenters. The smallest absolute Gasteiger partial charge is 0.304 e. The quantitative estimate of drug-likeness (QED) is 0.809. The Morgan fingerprint density at radius 1 is 1.53 bits per heavy atom. The van der Waals surface area contributed by atoms with Gasteiger partial charge in [0, 0.05) is 17.6 Å². The Hall–Kier alpha value is -0.870. The molecule has 82 valence electrons. The van der Waals surface area contributed by atoms with Crippen molar-refractivity contribution in [1.29, 1.82) is 0 Å². The van der Waals surface area contributed by atoms with E-state index in [4.69, 9.17) is 5.11 Å². The van der Waals surface area contributed by atoms with Gasteiger partial charge in [0.05, 0.1) is 6.42 Å². The highest BCUT2D eigenvalue weighted by atomic mass is 79.9. The molecule has 0 spiro atoms. The molecule has 2 N–H and O–H groups in total. The molecule has 0 fully saturated rings. The second-order valence-electron chi connectivity index (χ2n) is 3.37. The van der Waals surface area contributed by atoms with Gasteiger partial charge in [0.15, 0.2) is 0 Å². The fourth-order valence-electron chi connectivity index (χ4n) is 1.26. The second kappa shape index (κ2) is 5.88. The lowest BCUT2D eigenvalue weighted by molar-refractivity contribution is -0.136. The maximum absolute atomic E-state index is 10.3. The standard InChI is InChI=1S/C11H14BrNO2/c1-8-3-2-4-9(11(8)12)7-13-6-5-10(14)15/h2-4,13H,5-7H2,1H3,(H,14,15). The van der Waals surface area contributed by atoms with Crippen molar-refractivity contribution < 1.29 is 9.90 Å². The first-order chi connectivity index (χ1) is 7.11. The van der Waals surface area contributed by atoms with E-state index in [0.717, 1.165) is 10.0 Å². The Morgan fingerprint density at radius 2 is 2.27 bits per heavy atom. The number of carbonyl (C=O) groups is 1. The Morgan fingerprint density at radius 3 is 2.93 bits per heavy atom. The highest BCUT2D eigenvalue weighted by molar-refractivity contribution is 9.10. The number of rotatable bonds is 5. The number of halogens is 1. The van der Waals surface area contributed by atoms with Crippen molar-refractivity contribution in [2.24, 2.45) is 0 Å². The lowest BCUT2D eigenvalue weighted by Gasteiger charge is -2.07. The van der Waals surface area contributed by atoms with E-state index in [1.807, 2.05) is 25.1 Å². The predicted octanol–water partition coefficient (Wildman–Crippen LogP) is 2.32. The van der Waals surface area contributed by atoms with Crippen molar-refractivity contribution in [2.75, 3.05) is 6.54 Å². The first-order valence-corrected chi connectivity index (χ1v) is 5.57. The van der Waals surface area contributed by atoms with E-state index in [-0.39, 0.29) is 6.42 Å². The number of aryl methyl sites for hydroxylation is 1. The van der Waals surface area contributed by atoms with Crippen molar-refractivity contribution in [1.82, 2.24) is 5.32 Å². The van der Waals surface area contributed by atoms with Gasteiger partial charge >= 0.3 is 5.97 Å². The molecular formula is C11H14BrNO2. The van der Waals surface area contributed by atoms with E-state index in [2.05, 4.69) is 21.2 Å². The summed E-state index contributed by atoms with van der Waals surface area (Å²) in [7, 11) is 0. The van der Waals surface area contributed by atoms with Crippen LogP contribution < -0.4 is 5.32 Å². The lowest BCUT2D eigenvalue weighted by atomic mass is 10.1. The van der Waals surface area contributed by atoms with E-state index >= 15 is 0 Å². The van der Waals surface area contributed by atoms with Crippen molar-refractivity contribution >= 4 is 21.9 Å². The molecule has 0 radical (unpaired) electrons. The van der Waals surface area contributed by atoms with Crippen LogP contribution in [0, 0.1) is 6.92 Å². The van der Waals surface area contributed by atoms with Crippen LogP contribution >= 0.6 is 15.9 Å². The summed E-state index contributed by atoms with van der Waals surface area (Å²) in [6.45, 7) is 3.22. The zero-order valence-electron chi connectivity index (χ0n) is 8.59. The third-order valence-corrected chi connectivity index (χ3v) is 3.24. The number of hydrogen-bond acceptors (Lipinski definition) is 2. The van der Waals surface area contributed by atoms with Crippen LogP contribution in [0.2, 0.25) is 0 Å². The number of benzene rings is 1. The Kier molecular flexibility index (Phi) is 4.78. The molecule has 0 aliphatic rings. The highest BCUT2D eigenvalue weighted by Gasteiger charge is 2.02. The van der Waals surface area contributed by atoms with Gasteiger partial charge in [0.1, 0.15) is 0 Å². The minimum absolute atomic E-state index is 0.156. The van der Waals surface area contributed by atoms with Gasteiger partial charge in [-0.2, -0.15) is 0 Å². The molecule has 1 aromatic rings. The fraction of sp³-hybridized carbons (Fsp3) is 0.364. The van der Waals surface area contributed by atoms with Crippen molar-refractivity contribution in [3.8, 4) is 0 Å². The van der Waals surface area contributed by atoms with Crippen molar-refractivity contribution in [2.45, 2.75) is 19.9 Å². The van der Waals surface area contributed by atoms with E-state index in [9.17, 15) is 4.79 Å². The SMILES string of the molecule is Cc1cccc(CNCCC(=O)O)c1Br. The topological polar surface area (TPSA) is 49.3 Å². The number of carboxylic acid groups (broad SMARTS) is 1. The van der Waals surface area contributed by atoms with Gasteiger partial charge in [-0.25, -0.2) is 0 Å². The third-order valence-electron chi connectivity index (χ3n) is 2.10. The fourth-order valence-corrected chi connectivity index (χ4v) is 1.67. The lowest BCUT2D eigenvalue weighted by Crippen LogP contribution is -2.17. The molecule has 0 heterocycles. The summed E-state index contributed by atoms with van der Waals surface area (Å²) in [4.78, 5) is 10.3. The maximum Gasteiger partial charge on any atom is 0.304 e. The third kappa shape index (κ3) is 4.01. The molecule has 0 saturated heterocycles. The largest absolute Gasteiger partial charge is 0.481 e. The summed E-state index contributed by atoms with van der Waals surface area (Å²) in [6, 6.07) is 6.05. The van der Waals surface area contributed by atoms with Gasteiger partial charge in [0.25, 0.3) is 0 Å². The number of nitrogens with one attached hydrogen (secondary N) is 1. The van der Waals surface area contributed by atoms with Crippen LogP contribution in [-0.4, -0.2) is 17.6 Å². The van der Waals surface area contributed by atoms with E-state index in [1.54, 1.807) is 0 Å². The Bertz CT molecular complexity index is 352. The molecule has 1 aromatic carbocycles. The van der Waals surface area contributed by atoms with Crippen LogP contribution in [0.3, 0.4) is 0 Å². The normalized spacial score (nSPS) is 10.3. The molecule has 0 aliphatic carbocycles. The predicted molar refractivity (Wildman–Crippen MR) is 62.8 cm³/mol. The van der Waals surface area contributed by atoms with Gasteiger partial charge < -0.3 is 10.4 Å². The van der Waals surface area contributed by atoms with Crippen molar-refractivity contribution in [3.05, 3.63) is 33.8 Å². The minimum atomic E-state index is -0.772. The molecule has 0 amide bonds. The molecule has 0 bridgehead atoms. The van der Waals surface area contributed by atoms with Gasteiger partial charge in [-0.05, 0) is 18.1 Å². The monoisotopic (exact) mass is 271 g/mol. The molecule has 1 rings (SSSR count). The van der Waals surface area contributed by atoms with E-state index in [1.165, 1.54) is 5.56 Å². The van der Waals surface area contributed by atoms with Gasteiger partial charge in [-0.15, -0.1) is 0 Å². The zero-order chi connectivity index (χ0) is 11.3. The molecule has 3 nitrogen and oxygen atoms in total. The van der Waals surface area contributed by atoms with Crippen LogP contribution in [0.15, 0.2) is 22.7 Å². The maximum atomic E-state index is 10.3. The van der Waals surface area contributed by atoms with Crippen LogP contribution in [0.1, 0.15) is 17.5 Å². The number of carboxylic acids is 1. The first-order valence-electron chi connectivity index (χ1n) is 4.77. The van der Waals surface area contributed by atoms with Crippen LogP contribution in [0.4, 0.5) is 0 Å². The molecule has 0 atom stereocenters. The molecule has 0 aromatic heterocycles. The molecule has 0 aliphatic heterocycles. The summed E-state index contributed by atoms with van der Waals surface area (Å²) in [5.41, 5.74) is 2.34. The van der Waals surface area contributed by atoms with Crippen molar-refractivity contribution in [3.63, 3.8) is 0 Å². The summed E-state index contributed by atoms with van der Waals surface area (Å²) in [6.07, 6.45) is 0.156. The second-order valence-corrected chi connectivity index (χ2v) is 4.16. The van der Waals surface area contributed by atoms with E-state index < -0.39 is 5.97 Å². The number of hydrogen-bond donors (Lipinski definition) is 2.